The van der Waals surface area contributed by atoms with Gasteiger partial charge in [-0.15, -0.1) is 0 Å². The Bertz CT molecular complexity index is 331. The lowest BCUT2D eigenvalue weighted by atomic mass is 9.85. The number of nitrogens with one attached hydrogen (secondary N) is 1. The van der Waals surface area contributed by atoms with E-state index in [-0.39, 0.29) is 0 Å². The van der Waals surface area contributed by atoms with Gasteiger partial charge in [0.15, 0.2) is 5.75 Å². The standard InChI is InChI=1S/C13H21N3O/c1-3-10-4-6-11(7-5-10)16-13-14-8-12(17-2)9-15-13/h8-11H,3-7H2,1-2H3,(H,14,15,16). The average molecular weight is 235 g/mol. The van der Waals surface area contributed by atoms with Crippen LogP contribution >= 0.6 is 0 Å². The van der Waals surface area contributed by atoms with Gasteiger partial charge in [0.1, 0.15) is 0 Å². The van der Waals surface area contributed by atoms with Crippen molar-refractivity contribution in [3.8, 4) is 5.75 Å². The van der Waals surface area contributed by atoms with Crippen LogP contribution < -0.4 is 10.1 Å². The molecule has 0 spiro atoms. The first-order chi connectivity index (χ1) is 8.31. The molecule has 0 aromatic carbocycles. The van der Waals surface area contributed by atoms with Crippen LogP contribution in [0.1, 0.15) is 39.0 Å². The second-order valence-electron chi connectivity index (χ2n) is 4.72. The van der Waals surface area contributed by atoms with E-state index in [2.05, 4.69) is 22.2 Å². The highest BCUT2D eigenvalue weighted by Crippen LogP contribution is 2.27. The van der Waals surface area contributed by atoms with Crippen molar-refractivity contribution in [3.63, 3.8) is 0 Å². The Kier molecular flexibility index (Phi) is 4.18. The SMILES string of the molecule is CCC1CCC(Nc2ncc(OC)cn2)CC1. The summed E-state index contributed by atoms with van der Waals surface area (Å²) >= 11 is 0. The zero-order valence-electron chi connectivity index (χ0n) is 10.6. The molecule has 2 rings (SSSR count). The van der Waals surface area contributed by atoms with Crippen molar-refractivity contribution >= 4 is 5.95 Å². The van der Waals surface area contributed by atoms with Gasteiger partial charge in [0.25, 0.3) is 0 Å². The van der Waals surface area contributed by atoms with Gasteiger partial charge in [-0.05, 0) is 31.6 Å². The summed E-state index contributed by atoms with van der Waals surface area (Å²) in [5.41, 5.74) is 0. The van der Waals surface area contributed by atoms with E-state index in [9.17, 15) is 0 Å². The molecule has 0 saturated heterocycles. The predicted octanol–water partition coefficient (Wildman–Crippen LogP) is 2.87. The first-order valence-electron chi connectivity index (χ1n) is 6.44. The molecule has 0 bridgehead atoms. The Morgan fingerprint density at radius 1 is 1.24 bits per heavy atom. The topological polar surface area (TPSA) is 47.0 Å². The summed E-state index contributed by atoms with van der Waals surface area (Å²) in [6.45, 7) is 2.28. The molecular weight excluding hydrogens is 214 g/mol. The lowest BCUT2D eigenvalue weighted by Gasteiger charge is -2.28. The molecule has 1 aliphatic carbocycles. The van der Waals surface area contributed by atoms with Crippen molar-refractivity contribution in [2.45, 2.75) is 45.1 Å². The molecule has 0 aliphatic heterocycles. The number of hydrogen-bond acceptors (Lipinski definition) is 4. The zero-order valence-corrected chi connectivity index (χ0v) is 10.6. The van der Waals surface area contributed by atoms with Crippen LogP contribution in [0, 0.1) is 5.92 Å². The Labute approximate surface area is 103 Å². The molecule has 1 aromatic heterocycles. The van der Waals surface area contributed by atoms with E-state index in [0.29, 0.717) is 17.7 Å². The number of methoxy groups -OCH3 is 1. The number of nitrogens with zero attached hydrogens (tertiary/aromatic N) is 2. The third-order valence-electron chi connectivity index (χ3n) is 3.62. The van der Waals surface area contributed by atoms with E-state index in [4.69, 9.17) is 4.74 Å². The second kappa shape index (κ2) is 5.84. The van der Waals surface area contributed by atoms with Crippen LogP contribution in [0.2, 0.25) is 0 Å². The van der Waals surface area contributed by atoms with Gasteiger partial charge in [-0.3, -0.25) is 0 Å². The van der Waals surface area contributed by atoms with Crippen LogP contribution in [-0.2, 0) is 0 Å². The van der Waals surface area contributed by atoms with E-state index >= 15 is 0 Å². The molecule has 4 heteroatoms. The fraction of sp³-hybridized carbons (Fsp3) is 0.692. The summed E-state index contributed by atoms with van der Waals surface area (Å²) < 4.78 is 5.03. The summed E-state index contributed by atoms with van der Waals surface area (Å²) in [6.07, 6.45) is 9.82. The molecule has 1 aromatic rings. The van der Waals surface area contributed by atoms with Gasteiger partial charge < -0.3 is 10.1 Å². The van der Waals surface area contributed by atoms with E-state index < -0.39 is 0 Å². The van der Waals surface area contributed by atoms with E-state index in [1.807, 2.05) is 0 Å². The van der Waals surface area contributed by atoms with Crippen LogP contribution in [0.3, 0.4) is 0 Å². The third kappa shape index (κ3) is 3.32. The third-order valence-corrected chi connectivity index (χ3v) is 3.62. The van der Waals surface area contributed by atoms with Crippen LogP contribution in [0.4, 0.5) is 5.95 Å². The summed E-state index contributed by atoms with van der Waals surface area (Å²) in [7, 11) is 1.62. The van der Waals surface area contributed by atoms with E-state index in [1.54, 1.807) is 19.5 Å². The van der Waals surface area contributed by atoms with Crippen molar-refractivity contribution in [3.05, 3.63) is 12.4 Å². The van der Waals surface area contributed by atoms with Gasteiger partial charge in [-0.25, -0.2) is 9.97 Å². The average Bonchev–Trinajstić information content (AvgIpc) is 2.40. The second-order valence-corrected chi connectivity index (χ2v) is 4.72. The molecule has 0 amide bonds. The smallest absolute Gasteiger partial charge is 0.223 e. The van der Waals surface area contributed by atoms with Crippen LogP contribution in [0.5, 0.6) is 5.75 Å². The van der Waals surface area contributed by atoms with E-state index in [0.717, 1.165) is 5.92 Å². The van der Waals surface area contributed by atoms with Crippen molar-refractivity contribution in [2.24, 2.45) is 5.92 Å². The van der Waals surface area contributed by atoms with Gasteiger partial charge in [-0.2, -0.15) is 0 Å². The fourth-order valence-corrected chi connectivity index (χ4v) is 2.39. The summed E-state index contributed by atoms with van der Waals surface area (Å²) in [5, 5.41) is 3.40. The van der Waals surface area contributed by atoms with Crippen molar-refractivity contribution < 1.29 is 4.74 Å². The quantitative estimate of drug-likeness (QED) is 0.871. The van der Waals surface area contributed by atoms with Gasteiger partial charge in [0, 0.05) is 6.04 Å². The summed E-state index contributed by atoms with van der Waals surface area (Å²) in [6, 6.07) is 0.534. The maximum atomic E-state index is 5.03. The Morgan fingerprint density at radius 2 is 1.88 bits per heavy atom. The monoisotopic (exact) mass is 235 g/mol. The fourth-order valence-electron chi connectivity index (χ4n) is 2.39. The highest BCUT2D eigenvalue weighted by atomic mass is 16.5. The molecule has 1 N–H and O–H groups in total. The first kappa shape index (κ1) is 12.1. The molecule has 1 heterocycles. The maximum absolute atomic E-state index is 5.03. The molecule has 17 heavy (non-hydrogen) atoms. The Hall–Kier alpha value is -1.32. The molecule has 4 nitrogen and oxygen atoms in total. The van der Waals surface area contributed by atoms with Gasteiger partial charge in [-0.1, -0.05) is 13.3 Å². The number of aromatic nitrogens is 2. The van der Waals surface area contributed by atoms with E-state index in [1.165, 1.54) is 32.1 Å². The van der Waals surface area contributed by atoms with Crippen molar-refractivity contribution in [1.82, 2.24) is 9.97 Å². The van der Waals surface area contributed by atoms with Gasteiger partial charge in [0.05, 0.1) is 19.5 Å². The minimum absolute atomic E-state index is 0.534. The minimum atomic E-state index is 0.534. The largest absolute Gasteiger partial charge is 0.494 e. The molecular formula is C13H21N3O. The molecule has 0 unspecified atom stereocenters. The molecule has 1 aliphatic rings. The number of rotatable bonds is 4. The molecule has 94 valence electrons. The van der Waals surface area contributed by atoms with Gasteiger partial charge in [0.2, 0.25) is 5.95 Å². The maximum Gasteiger partial charge on any atom is 0.223 e. The zero-order chi connectivity index (χ0) is 12.1. The summed E-state index contributed by atoms with van der Waals surface area (Å²) in [5.74, 6) is 2.33. The minimum Gasteiger partial charge on any atom is -0.494 e. The van der Waals surface area contributed by atoms with Crippen LogP contribution in [0.25, 0.3) is 0 Å². The summed E-state index contributed by atoms with van der Waals surface area (Å²) in [4.78, 5) is 8.47. The normalized spacial score (nSPS) is 24.4. The highest BCUT2D eigenvalue weighted by Gasteiger charge is 2.20. The van der Waals surface area contributed by atoms with Crippen LogP contribution in [-0.4, -0.2) is 23.1 Å². The molecule has 1 fully saturated rings. The Morgan fingerprint density at radius 3 is 2.41 bits per heavy atom. The number of anilines is 1. The predicted molar refractivity (Wildman–Crippen MR) is 68.2 cm³/mol. The lowest BCUT2D eigenvalue weighted by Crippen LogP contribution is -2.26. The number of ether oxygens (including phenoxy) is 1. The Balaban J connectivity index is 1.84. The van der Waals surface area contributed by atoms with Crippen LogP contribution in [0.15, 0.2) is 12.4 Å². The lowest BCUT2D eigenvalue weighted by molar-refractivity contribution is 0.329. The molecule has 1 saturated carbocycles. The molecule has 0 atom stereocenters. The van der Waals surface area contributed by atoms with Crippen molar-refractivity contribution in [1.29, 1.82) is 0 Å². The number of hydrogen-bond donors (Lipinski definition) is 1. The first-order valence-corrected chi connectivity index (χ1v) is 6.44. The van der Waals surface area contributed by atoms with Gasteiger partial charge >= 0.3 is 0 Å². The van der Waals surface area contributed by atoms with Crippen molar-refractivity contribution in [2.75, 3.05) is 12.4 Å². The highest BCUT2D eigenvalue weighted by molar-refractivity contribution is 5.28. The molecule has 0 radical (unpaired) electrons.